The van der Waals surface area contributed by atoms with Crippen molar-refractivity contribution in [2.24, 2.45) is 5.92 Å². The highest BCUT2D eigenvalue weighted by molar-refractivity contribution is 7.12. The third-order valence-electron chi connectivity index (χ3n) is 3.33. The molecule has 0 spiro atoms. The Kier molecular flexibility index (Phi) is 3.91. The van der Waals surface area contributed by atoms with E-state index >= 15 is 0 Å². The molecule has 0 radical (unpaired) electrons. The van der Waals surface area contributed by atoms with E-state index in [0.717, 1.165) is 19.4 Å². The zero-order valence-electron chi connectivity index (χ0n) is 10.9. The number of rotatable bonds is 2. The molecule has 17 heavy (non-hydrogen) atoms. The molecular formula is C14H22O2S. The van der Waals surface area contributed by atoms with Crippen LogP contribution in [0, 0.1) is 5.92 Å². The summed E-state index contributed by atoms with van der Waals surface area (Å²) in [5.41, 5.74) is 0.201. The van der Waals surface area contributed by atoms with Crippen LogP contribution in [-0.2, 0) is 10.2 Å². The van der Waals surface area contributed by atoms with Gasteiger partial charge in [-0.25, -0.2) is 0 Å². The van der Waals surface area contributed by atoms with Crippen LogP contribution in [0.15, 0.2) is 12.1 Å². The fourth-order valence-electron chi connectivity index (χ4n) is 2.25. The van der Waals surface area contributed by atoms with Gasteiger partial charge in [-0.2, -0.15) is 0 Å². The van der Waals surface area contributed by atoms with Crippen molar-refractivity contribution in [1.29, 1.82) is 0 Å². The maximum Gasteiger partial charge on any atom is 0.0966 e. The predicted molar refractivity (Wildman–Crippen MR) is 71.5 cm³/mol. The van der Waals surface area contributed by atoms with Crippen molar-refractivity contribution < 1.29 is 9.84 Å². The zero-order chi connectivity index (χ0) is 12.5. The summed E-state index contributed by atoms with van der Waals surface area (Å²) in [6, 6.07) is 4.37. The zero-order valence-corrected chi connectivity index (χ0v) is 11.7. The summed E-state index contributed by atoms with van der Waals surface area (Å²) < 4.78 is 5.84. The first-order valence-corrected chi connectivity index (χ1v) is 7.16. The molecule has 1 aliphatic rings. The highest BCUT2D eigenvalue weighted by Crippen LogP contribution is 2.39. The molecule has 2 nitrogen and oxygen atoms in total. The van der Waals surface area contributed by atoms with Crippen LogP contribution < -0.4 is 0 Å². The quantitative estimate of drug-likeness (QED) is 0.875. The number of aliphatic hydroxyl groups is 1. The van der Waals surface area contributed by atoms with Crippen LogP contribution in [0.1, 0.15) is 49.5 Å². The fourth-order valence-corrected chi connectivity index (χ4v) is 3.46. The molecule has 1 fully saturated rings. The summed E-state index contributed by atoms with van der Waals surface area (Å²) in [7, 11) is 0. The van der Waals surface area contributed by atoms with Crippen LogP contribution in [0.25, 0.3) is 0 Å². The highest BCUT2D eigenvalue weighted by Gasteiger charge is 2.29. The number of hydrogen-bond acceptors (Lipinski definition) is 3. The predicted octanol–water partition coefficient (Wildman–Crippen LogP) is 3.51. The van der Waals surface area contributed by atoms with E-state index in [0.29, 0.717) is 0 Å². The average Bonchev–Trinajstić information content (AvgIpc) is 2.77. The molecule has 0 aliphatic carbocycles. The summed E-state index contributed by atoms with van der Waals surface area (Å²) in [5.74, 6) is 0.273. The second-order valence-electron chi connectivity index (χ2n) is 5.83. The maximum absolute atomic E-state index is 9.41. The lowest BCUT2D eigenvalue weighted by molar-refractivity contribution is -0.0437. The molecule has 0 bridgehead atoms. The molecule has 2 unspecified atom stereocenters. The highest BCUT2D eigenvalue weighted by atomic mass is 32.1. The summed E-state index contributed by atoms with van der Waals surface area (Å²) in [6.07, 6.45) is 2.25. The van der Waals surface area contributed by atoms with Gasteiger partial charge < -0.3 is 9.84 Å². The molecule has 2 rings (SSSR count). The molecule has 1 aromatic heterocycles. The Balaban J connectivity index is 2.18. The largest absolute Gasteiger partial charge is 0.396 e. The molecular weight excluding hydrogens is 232 g/mol. The Labute approximate surface area is 108 Å². The summed E-state index contributed by atoms with van der Waals surface area (Å²) in [4.78, 5) is 2.66. The van der Waals surface area contributed by atoms with Crippen molar-refractivity contribution >= 4 is 11.3 Å². The van der Waals surface area contributed by atoms with E-state index in [-0.39, 0.29) is 24.0 Å². The van der Waals surface area contributed by atoms with E-state index in [1.54, 1.807) is 0 Å². The van der Waals surface area contributed by atoms with Crippen LogP contribution in [0.2, 0.25) is 0 Å². The minimum atomic E-state index is 0.106. The lowest BCUT2D eigenvalue weighted by Gasteiger charge is -2.29. The normalized spacial score (nSPS) is 26.1. The van der Waals surface area contributed by atoms with Gasteiger partial charge in [0, 0.05) is 28.9 Å². The van der Waals surface area contributed by atoms with Gasteiger partial charge in [-0.3, -0.25) is 0 Å². The average molecular weight is 254 g/mol. The smallest absolute Gasteiger partial charge is 0.0966 e. The van der Waals surface area contributed by atoms with Gasteiger partial charge in [0.05, 0.1) is 6.10 Å². The molecule has 0 aromatic carbocycles. The SMILES string of the molecule is CC(C)(C)c1ccc(C2OCCCC2CO)s1. The van der Waals surface area contributed by atoms with Crippen molar-refractivity contribution in [2.45, 2.75) is 45.1 Å². The monoisotopic (exact) mass is 254 g/mol. The van der Waals surface area contributed by atoms with E-state index in [9.17, 15) is 5.11 Å². The van der Waals surface area contributed by atoms with Gasteiger partial charge in [0.25, 0.3) is 0 Å². The second-order valence-corrected chi connectivity index (χ2v) is 6.94. The lowest BCUT2D eigenvalue weighted by Crippen LogP contribution is -2.24. The second kappa shape index (κ2) is 5.09. The van der Waals surface area contributed by atoms with E-state index in [2.05, 4.69) is 32.9 Å². The molecule has 0 saturated carbocycles. The van der Waals surface area contributed by atoms with Gasteiger partial charge in [0.2, 0.25) is 0 Å². The number of hydrogen-bond donors (Lipinski definition) is 1. The van der Waals surface area contributed by atoms with Crippen LogP contribution in [0.3, 0.4) is 0 Å². The van der Waals surface area contributed by atoms with Crippen molar-refractivity contribution in [2.75, 3.05) is 13.2 Å². The minimum absolute atomic E-state index is 0.106. The standard InChI is InChI=1S/C14H22O2S/c1-14(2,3)12-7-6-11(17-12)13-10(9-15)5-4-8-16-13/h6-7,10,13,15H,4-5,8-9H2,1-3H3. The first-order valence-electron chi connectivity index (χ1n) is 6.35. The van der Waals surface area contributed by atoms with Crippen LogP contribution in [0.5, 0.6) is 0 Å². The third kappa shape index (κ3) is 2.90. The van der Waals surface area contributed by atoms with E-state index in [1.165, 1.54) is 9.75 Å². The van der Waals surface area contributed by atoms with Crippen LogP contribution in [0.4, 0.5) is 0 Å². The molecule has 1 saturated heterocycles. The van der Waals surface area contributed by atoms with E-state index in [1.807, 2.05) is 11.3 Å². The van der Waals surface area contributed by atoms with Crippen LogP contribution in [-0.4, -0.2) is 18.3 Å². The molecule has 0 amide bonds. The third-order valence-corrected chi connectivity index (χ3v) is 4.90. The number of ether oxygens (including phenoxy) is 1. The fraction of sp³-hybridized carbons (Fsp3) is 0.714. The molecule has 2 atom stereocenters. The molecule has 2 heterocycles. The first-order chi connectivity index (χ1) is 8.02. The van der Waals surface area contributed by atoms with Crippen molar-refractivity contribution in [3.63, 3.8) is 0 Å². The molecule has 1 aromatic rings. The van der Waals surface area contributed by atoms with Gasteiger partial charge in [0.15, 0.2) is 0 Å². The summed E-state index contributed by atoms with van der Waals surface area (Å²) in [5, 5.41) is 9.41. The van der Waals surface area contributed by atoms with Crippen molar-refractivity contribution in [3.05, 3.63) is 21.9 Å². The molecule has 96 valence electrons. The molecule has 1 aliphatic heterocycles. The van der Waals surface area contributed by atoms with Crippen LogP contribution >= 0.6 is 11.3 Å². The summed E-state index contributed by atoms with van der Waals surface area (Å²) >= 11 is 1.83. The Morgan fingerprint density at radius 3 is 2.76 bits per heavy atom. The molecule has 3 heteroatoms. The minimum Gasteiger partial charge on any atom is -0.396 e. The van der Waals surface area contributed by atoms with E-state index in [4.69, 9.17) is 4.74 Å². The first kappa shape index (κ1) is 13.1. The molecule has 1 N–H and O–H groups in total. The topological polar surface area (TPSA) is 29.5 Å². The van der Waals surface area contributed by atoms with Gasteiger partial charge in [-0.15, -0.1) is 11.3 Å². The van der Waals surface area contributed by atoms with Gasteiger partial charge in [0.1, 0.15) is 0 Å². The van der Waals surface area contributed by atoms with Gasteiger partial charge in [-0.1, -0.05) is 20.8 Å². The van der Waals surface area contributed by atoms with Crippen molar-refractivity contribution in [1.82, 2.24) is 0 Å². The van der Waals surface area contributed by atoms with Gasteiger partial charge in [-0.05, 0) is 30.4 Å². The number of aliphatic hydroxyl groups excluding tert-OH is 1. The number of thiophene rings is 1. The van der Waals surface area contributed by atoms with Gasteiger partial charge >= 0.3 is 0 Å². The van der Waals surface area contributed by atoms with E-state index < -0.39 is 0 Å². The lowest BCUT2D eigenvalue weighted by atomic mass is 9.93. The Morgan fingerprint density at radius 2 is 2.18 bits per heavy atom. The summed E-state index contributed by atoms with van der Waals surface area (Å²) in [6.45, 7) is 7.74. The maximum atomic E-state index is 9.41. The van der Waals surface area contributed by atoms with Crippen molar-refractivity contribution in [3.8, 4) is 0 Å². The Bertz CT molecular complexity index is 365. The Hall–Kier alpha value is -0.380. The Morgan fingerprint density at radius 1 is 1.41 bits per heavy atom.